The highest BCUT2D eigenvalue weighted by atomic mass is 32.2. The number of anilines is 2. The second-order valence-corrected chi connectivity index (χ2v) is 10.4. The van der Waals surface area contributed by atoms with E-state index >= 15 is 0 Å². The first-order valence-corrected chi connectivity index (χ1v) is 13.9. The van der Waals surface area contributed by atoms with Gasteiger partial charge in [-0.3, -0.25) is 24.5 Å². The topological polar surface area (TPSA) is 130 Å². The van der Waals surface area contributed by atoms with Crippen LogP contribution >= 0.6 is 11.8 Å². The molecule has 212 valence electrons. The number of thioether (sulfide) groups is 1. The second kappa shape index (κ2) is 13.9. The van der Waals surface area contributed by atoms with Crippen LogP contribution in [-0.2, 0) is 9.59 Å². The number of nitro groups is 1. The van der Waals surface area contributed by atoms with Gasteiger partial charge >= 0.3 is 0 Å². The van der Waals surface area contributed by atoms with Gasteiger partial charge in [-0.1, -0.05) is 42.0 Å². The van der Waals surface area contributed by atoms with E-state index in [9.17, 15) is 24.5 Å². The Morgan fingerprint density at radius 1 is 0.857 bits per heavy atom. The molecule has 0 saturated heterocycles. The van der Waals surface area contributed by atoms with Crippen molar-refractivity contribution < 1.29 is 19.3 Å². The lowest BCUT2D eigenvalue weighted by Gasteiger charge is -2.12. The summed E-state index contributed by atoms with van der Waals surface area (Å²) in [6.45, 7) is 3.93. The van der Waals surface area contributed by atoms with E-state index in [-0.39, 0.29) is 23.0 Å². The van der Waals surface area contributed by atoms with E-state index in [4.69, 9.17) is 0 Å². The van der Waals surface area contributed by atoms with Crippen LogP contribution in [0.25, 0.3) is 6.08 Å². The molecule has 0 aliphatic heterocycles. The Hall–Kier alpha value is -5.22. The fourth-order valence-electron chi connectivity index (χ4n) is 3.95. The average Bonchev–Trinajstić information content (AvgIpc) is 2.98. The van der Waals surface area contributed by atoms with E-state index < -0.39 is 16.7 Å². The van der Waals surface area contributed by atoms with Crippen LogP contribution in [0.4, 0.5) is 17.1 Å². The fraction of sp³-hybridized carbons (Fsp3) is 0.0938. The van der Waals surface area contributed by atoms with Gasteiger partial charge in [0.1, 0.15) is 5.70 Å². The third-order valence-corrected chi connectivity index (χ3v) is 7.06. The summed E-state index contributed by atoms with van der Waals surface area (Å²) in [4.78, 5) is 50.0. The molecule has 0 radical (unpaired) electrons. The number of nitro benzene ring substituents is 1. The van der Waals surface area contributed by atoms with Crippen LogP contribution in [0.1, 0.15) is 27.0 Å². The van der Waals surface area contributed by atoms with Gasteiger partial charge in [-0.25, -0.2) is 0 Å². The van der Waals surface area contributed by atoms with Gasteiger partial charge in [-0.05, 0) is 79.6 Å². The minimum atomic E-state index is -0.590. The summed E-state index contributed by atoms with van der Waals surface area (Å²) in [5.74, 6) is -1.06. The van der Waals surface area contributed by atoms with Gasteiger partial charge in [0.2, 0.25) is 5.91 Å². The molecule has 0 atom stereocenters. The first-order chi connectivity index (χ1) is 20.2. The van der Waals surface area contributed by atoms with Gasteiger partial charge in [-0.2, -0.15) is 0 Å². The van der Waals surface area contributed by atoms with Crippen molar-refractivity contribution in [2.75, 3.05) is 16.4 Å². The number of hydrogen-bond donors (Lipinski definition) is 3. The lowest BCUT2D eigenvalue weighted by Crippen LogP contribution is -2.30. The van der Waals surface area contributed by atoms with Crippen molar-refractivity contribution in [3.8, 4) is 0 Å². The molecular weight excluding hydrogens is 552 g/mol. The minimum Gasteiger partial charge on any atom is -0.325 e. The van der Waals surface area contributed by atoms with E-state index in [0.717, 1.165) is 21.7 Å². The van der Waals surface area contributed by atoms with Crippen molar-refractivity contribution in [2.24, 2.45) is 0 Å². The maximum atomic E-state index is 13.3. The van der Waals surface area contributed by atoms with Crippen molar-refractivity contribution in [3.63, 3.8) is 0 Å². The number of carbonyl (C=O) groups is 3. The molecular formula is C32H28N4O5S. The van der Waals surface area contributed by atoms with Crippen LogP contribution in [0, 0.1) is 24.0 Å². The number of hydrogen-bond acceptors (Lipinski definition) is 6. The number of amides is 3. The first-order valence-electron chi connectivity index (χ1n) is 12.9. The minimum absolute atomic E-state index is 0.0522. The van der Waals surface area contributed by atoms with E-state index in [2.05, 4.69) is 16.0 Å². The summed E-state index contributed by atoms with van der Waals surface area (Å²) in [5.41, 5.74) is 4.02. The predicted molar refractivity (Wildman–Crippen MR) is 165 cm³/mol. The molecule has 0 aliphatic carbocycles. The third-order valence-electron chi connectivity index (χ3n) is 6.06. The van der Waals surface area contributed by atoms with Gasteiger partial charge in [0.15, 0.2) is 0 Å². The monoisotopic (exact) mass is 580 g/mol. The van der Waals surface area contributed by atoms with Gasteiger partial charge in [-0.15, -0.1) is 11.8 Å². The molecule has 3 amide bonds. The third kappa shape index (κ3) is 8.39. The van der Waals surface area contributed by atoms with Crippen LogP contribution in [0.5, 0.6) is 0 Å². The Morgan fingerprint density at radius 3 is 2.29 bits per heavy atom. The molecule has 0 saturated carbocycles. The summed E-state index contributed by atoms with van der Waals surface area (Å²) in [5, 5.41) is 19.4. The summed E-state index contributed by atoms with van der Waals surface area (Å²) in [7, 11) is 0. The van der Waals surface area contributed by atoms with Crippen molar-refractivity contribution in [1.29, 1.82) is 0 Å². The molecule has 3 N–H and O–H groups in total. The normalized spacial score (nSPS) is 11.0. The molecule has 4 rings (SSSR count). The van der Waals surface area contributed by atoms with Crippen LogP contribution in [0.15, 0.2) is 108 Å². The molecule has 0 aromatic heterocycles. The highest BCUT2D eigenvalue weighted by Crippen LogP contribution is 2.23. The zero-order chi connectivity index (χ0) is 30.1. The number of rotatable bonds is 10. The molecule has 4 aromatic rings. The van der Waals surface area contributed by atoms with E-state index in [1.807, 2.05) is 38.1 Å². The zero-order valence-corrected chi connectivity index (χ0v) is 23.7. The molecule has 0 spiro atoms. The number of nitrogens with zero attached hydrogens (tertiary/aromatic N) is 1. The van der Waals surface area contributed by atoms with Gasteiger partial charge < -0.3 is 16.0 Å². The van der Waals surface area contributed by atoms with Crippen molar-refractivity contribution in [2.45, 2.75) is 18.7 Å². The maximum Gasteiger partial charge on any atom is 0.272 e. The summed E-state index contributed by atoms with van der Waals surface area (Å²) >= 11 is 1.32. The maximum absolute atomic E-state index is 13.3. The Labute approximate surface area is 247 Å². The number of aryl methyl sites for hydroxylation is 2. The van der Waals surface area contributed by atoms with Crippen LogP contribution in [-0.4, -0.2) is 28.4 Å². The van der Waals surface area contributed by atoms with E-state index in [1.165, 1.54) is 42.1 Å². The SMILES string of the molecule is Cc1ccc(NC(=O)CSc2cccc(NC(=O)/C(=C\c3ccc([N+](=O)[O-])cc3)NC(=O)c3ccccc3)c2)c(C)c1. The van der Waals surface area contributed by atoms with E-state index in [0.29, 0.717) is 16.8 Å². The number of benzene rings is 4. The van der Waals surface area contributed by atoms with Crippen LogP contribution < -0.4 is 16.0 Å². The molecule has 0 heterocycles. The largest absolute Gasteiger partial charge is 0.325 e. The quantitative estimate of drug-likeness (QED) is 0.0867. The Bertz CT molecular complexity index is 1650. The highest BCUT2D eigenvalue weighted by Gasteiger charge is 2.16. The molecule has 0 aliphatic rings. The molecule has 0 unspecified atom stereocenters. The molecule has 10 heteroatoms. The summed E-state index contributed by atoms with van der Waals surface area (Å²) in [6.07, 6.45) is 1.44. The lowest BCUT2D eigenvalue weighted by molar-refractivity contribution is -0.384. The lowest BCUT2D eigenvalue weighted by atomic mass is 10.1. The van der Waals surface area contributed by atoms with Crippen molar-refractivity contribution >= 4 is 52.6 Å². The van der Waals surface area contributed by atoms with Crippen LogP contribution in [0.3, 0.4) is 0 Å². The summed E-state index contributed by atoms with van der Waals surface area (Å²) in [6, 6.07) is 26.9. The van der Waals surface area contributed by atoms with Gasteiger partial charge in [0.25, 0.3) is 17.5 Å². The van der Waals surface area contributed by atoms with Gasteiger partial charge in [0, 0.05) is 34.0 Å². The summed E-state index contributed by atoms with van der Waals surface area (Å²) < 4.78 is 0. The Kier molecular flexibility index (Phi) is 9.85. The fourth-order valence-corrected chi connectivity index (χ4v) is 4.71. The van der Waals surface area contributed by atoms with Crippen molar-refractivity contribution in [1.82, 2.24) is 5.32 Å². The molecule has 42 heavy (non-hydrogen) atoms. The number of non-ortho nitro benzene ring substituents is 1. The second-order valence-electron chi connectivity index (χ2n) is 9.36. The van der Waals surface area contributed by atoms with E-state index in [1.54, 1.807) is 48.5 Å². The molecule has 0 bridgehead atoms. The smallest absolute Gasteiger partial charge is 0.272 e. The van der Waals surface area contributed by atoms with Crippen LogP contribution in [0.2, 0.25) is 0 Å². The number of carbonyl (C=O) groups excluding carboxylic acids is 3. The van der Waals surface area contributed by atoms with Crippen molar-refractivity contribution in [3.05, 3.63) is 135 Å². The molecule has 9 nitrogen and oxygen atoms in total. The Morgan fingerprint density at radius 2 is 1.60 bits per heavy atom. The predicted octanol–water partition coefficient (Wildman–Crippen LogP) is 6.35. The zero-order valence-electron chi connectivity index (χ0n) is 22.9. The average molecular weight is 581 g/mol. The van der Waals surface area contributed by atoms with Gasteiger partial charge in [0.05, 0.1) is 10.7 Å². The standard InChI is InChI=1S/C32H28N4O5S/c1-21-11-16-28(22(2)17-21)34-30(37)20-42-27-10-6-9-25(19-27)33-32(39)29(35-31(38)24-7-4-3-5-8-24)18-23-12-14-26(15-13-23)36(40)41/h3-19H,20H2,1-2H3,(H,33,39)(H,34,37)(H,35,38)/b29-18+. The first kappa shape index (κ1) is 29.8. The Balaban J connectivity index is 1.47. The number of nitrogens with one attached hydrogen (secondary N) is 3. The molecule has 0 fully saturated rings. The molecule has 4 aromatic carbocycles. The highest BCUT2D eigenvalue weighted by molar-refractivity contribution is 8.00.